The van der Waals surface area contributed by atoms with Crippen LogP contribution in [0, 0.1) is 0 Å². The molecule has 0 amide bonds. The molecular formula is C4H7N3O3S. The van der Waals surface area contributed by atoms with E-state index >= 15 is 0 Å². The number of aromatic amines is 1. The highest BCUT2D eigenvalue weighted by molar-refractivity contribution is 7.87. The monoisotopic (exact) mass is 177 g/mol. The molecule has 0 aliphatic heterocycles. The fraction of sp³-hybridized carbons (Fsp3) is 0.500. The first kappa shape index (κ1) is 7.99. The fourth-order valence-corrected chi connectivity index (χ4v) is 0.852. The van der Waals surface area contributed by atoms with E-state index in [-0.39, 0.29) is 11.8 Å². The van der Waals surface area contributed by atoms with Crippen LogP contribution in [0.3, 0.4) is 0 Å². The van der Waals surface area contributed by atoms with Gasteiger partial charge in [-0.2, -0.15) is 18.5 Å². The molecule has 1 rings (SSSR count). The van der Waals surface area contributed by atoms with E-state index in [1.54, 1.807) is 0 Å². The Bertz CT molecular complexity index is 303. The number of nitrogens with one attached hydrogen (secondary N) is 1. The van der Waals surface area contributed by atoms with Crippen LogP contribution in [0.25, 0.3) is 0 Å². The Morgan fingerprint density at radius 1 is 1.73 bits per heavy atom. The summed E-state index contributed by atoms with van der Waals surface area (Å²) < 4.78 is 25.9. The van der Waals surface area contributed by atoms with Crippen molar-refractivity contribution < 1.29 is 12.6 Å². The van der Waals surface area contributed by atoms with Gasteiger partial charge in [-0.3, -0.25) is 0 Å². The highest BCUT2D eigenvalue weighted by atomic mass is 32.2. The Kier molecular flexibility index (Phi) is 2.08. The molecule has 0 saturated heterocycles. The van der Waals surface area contributed by atoms with Crippen molar-refractivity contribution in [1.29, 1.82) is 0 Å². The van der Waals surface area contributed by atoms with Gasteiger partial charge in [0.2, 0.25) is 0 Å². The van der Waals surface area contributed by atoms with Crippen molar-refractivity contribution in [2.75, 3.05) is 5.75 Å². The molecule has 0 aliphatic rings. The zero-order chi connectivity index (χ0) is 8.32. The largest absolute Gasteiger partial charge is 0.343 e. The number of hydrogen-bond donors (Lipinski definition) is 1. The maximum Gasteiger partial charge on any atom is 0.328 e. The van der Waals surface area contributed by atoms with Crippen molar-refractivity contribution in [3.05, 3.63) is 6.33 Å². The molecule has 0 atom stereocenters. The van der Waals surface area contributed by atoms with Crippen LogP contribution in [0.4, 0.5) is 0 Å². The molecule has 0 aromatic carbocycles. The van der Waals surface area contributed by atoms with Gasteiger partial charge < -0.3 is 4.18 Å². The summed E-state index contributed by atoms with van der Waals surface area (Å²) in [5, 5.41) is 5.68. The molecule has 62 valence electrons. The number of nitrogens with zero attached hydrogens (tertiary/aromatic N) is 2. The van der Waals surface area contributed by atoms with Crippen molar-refractivity contribution in [1.82, 2.24) is 15.2 Å². The van der Waals surface area contributed by atoms with Gasteiger partial charge >= 0.3 is 16.1 Å². The lowest BCUT2D eigenvalue weighted by Crippen LogP contribution is -2.12. The van der Waals surface area contributed by atoms with Crippen LogP contribution in [0.5, 0.6) is 6.01 Å². The van der Waals surface area contributed by atoms with Crippen LogP contribution in [-0.4, -0.2) is 29.4 Å². The van der Waals surface area contributed by atoms with E-state index in [2.05, 4.69) is 19.4 Å². The van der Waals surface area contributed by atoms with Crippen molar-refractivity contribution in [2.45, 2.75) is 6.92 Å². The Balaban J connectivity index is 2.72. The third-order valence-electron chi connectivity index (χ3n) is 0.952. The minimum atomic E-state index is -3.48. The highest BCUT2D eigenvalue weighted by Gasteiger charge is 2.10. The topological polar surface area (TPSA) is 84.9 Å². The predicted octanol–water partition coefficient (Wildman–Crippen LogP) is -0.467. The van der Waals surface area contributed by atoms with Crippen LogP contribution in [-0.2, 0) is 10.1 Å². The minimum Gasteiger partial charge on any atom is -0.343 e. The van der Waals surface area contributed by atoms with E-state index in [9.17, 15) is 8.42 Å². The zero-order valence-corrected chi connectivity index (χ0v) is 6.63. The lowest BCUT2D eigenvalue weighted by Gasteiger charge is -1.97. The molecule has 0 spiro atoms. The van der Waals surface area contributed by atoms with Crippen LogP contribution in [0.2, 0.25) is 0 Å². The summed E-state index contributed by atoms with van der Waals surface area (Å²) in [5.41, 5.74) is 0. The fourth-order valence-electron chi connectivity index (χ4n) is 0.414. The summed E-state index contributed by atoms with van der Waals surface area (Å²) in [7, 11) is -3.48. The summed E-state index contributed by atoms with van der Waals surface area (Å²) in [5.74, 6) is -0.0896. The van der Waals surface area contributed by atoms with Crippen molar-refractivity contribution in [3.8, 4) is 6.01 Å². The van der Waals surface area contributed by atoms with Crippen LogP contribution in [0.15, 0.2) is 6.33 Å². The summed E-state index contributed by atoms with van der Waals surface area (Å²) in [4.78, 5) is 3.48. The number of H-pyrrole nitrogens is 1. The van der Waals surface area contributed by atoms with E-state index in [1.807, 2.05) is 0 Å². The summed E-state index contributed by atoms with van der Waals surface area (Å²) in [6.45, 7) is 1.48. The third kappa shape index (κ3) is 2.19. The van der Waals surface area contributed by atoms with Gasteiger partial charge in [0.25, 0.3) is 0 Å². The molecule has 0 saturated carbocycles. The molecule has 0 bridgehead atoms. The third-order valence-corrected chi connectivity index (χ3v) is 2.07. The Labute approximate surface area is 63.7 Å². The predicted molar refractivity (Wildman–Crippen MR) is 36.5 cm³/mol. The molecule has 0 unspecified atom stereocenters. The Morgan fingerprint density at radius 2 is 2.45 bits per heavy atom. The number of aromatic nitrogens is 3. The van der Waals surface area contributed by atoms with Gasteiger partial charge in [0.1, 0.15) is 6.33 Å². The molecule has 0 aliphatic carbocycles. The van der Waals surface area contributed by atoms with Crippen LogP contribution in [0.1, 0.15) is 6.92 Å². The minimum absolute atomic E-state index is 0.0896. The van der Waals surface area contributed by atoms with Crippen molar-refractivity contribution in [2.24, 2.45) is 0 Å². The molecule has 11 heavy (non-hydrogen) atoms. The first-order chi connectivity index (χ1) is 5.14. The molecule has 7 heteroatoms. The molecule has 1 aromatic rings. The standard InChI is InChI=1S/C4H7N3O3S/c1-2-11(8,9)10-4-5-3-6-7-4/h3H,2H2,1H3,(H,5,6,7). The molecule has 0 fully saturated rings. The van der Waals surface area contributed by atoms with E-state index in [0.717, 1.165) is 0 Å². The van der Waals surface area contributed by atoms with E-state index < -0.39 is 10.1 Å². The Hall–Kier alpha value is -1.11. The summed E-state index contributed by atoms with van der Waals surface area (Å²) in [6, 6.07) is -0.105. The quantitative estimate of drug-likeness (QED) is 0.631. The summed E-state index contributed by atoms with van der Waals surface area (Å²) in [6.07, 6.45) is 1.17. The highest BCUT2D eigenvalue weighted by Crippen LogP contribution is 2.01. The van der Waals surface area contributed by atoms with Gasteiger partial charge in [-0.25, -0.2) is 5.10 Å². The molecular weight excluding hydrogens is 170 g/mol. The first-order valence-electron chi connectivity index (χ1n) is 2.91. The van der Waals surface area contributed by atoms with E-state index in [4.69, 9.17) is 0 Å². The van der Waals surface area contributed by atoms with Gasteiger partial charge in [0.05, 0.1) is 5.75 Å². The zero-order valence-electron chi connectivity index (χ0n) is 5.81. The summed E-state index contributed by atoms with van der Waals surface area (Å²) >= 11 is 0. The maximum atomic E-state index is 10.8. The first-order valence-corrected chi connectivity index (χ1v) is 4.49. The lowest BCUT2D eigenvalue weighted by atomic mass is 11.0. The SMILES string of the molecule is CCS(=O)(=O)Oc1ncn[nH]1. The second-order valence-corrected chi connectivity index (χ2v) is 3.58. The Morgan fingerprint density at radius 3 is 2.91 bits per heavy atom. The molecule has 1 heterocycles. The van der Waals surface area contributed by atoms with Crippen molar-refractivity contribution >= 4 is 10.1 Å². The van der Waals surface area contributed by atoms with Gasteiger partial charge in [-0.05, 0) is 6.92 Å². The second-order valence-electron chi connectivity index (χ2n) is 1.72. The van der Waals surface area contributed by atoms with E-state index in [1.165, 1.54) is 13.3 Å². The number of hydrogen-bond acceptors (Lipinski definition) is 5. The van der Waals surface area contributed by atoms with Crippen LogP contribution >= 0.6 is 0 Å². The molecule has 6 nitrogen and oxygen atoms in total. The molecule has 0 radical (unpaired) electrons. The average Bonchev–Trinajstić information content (AvgIpc) is 2.39. The smallest absolute Gasteiger partial charge is 0.328 e. The normalized spacial score (nSPS) is 11.4. The van der Waals surface area contributed by atoms with Gasteiger partial charge in [-0.15, -0.1) is 0 Å². The number of rotatable bonds is 3. The van der Waals surface area contributed by atoms with Crippen molar-refractivity contribution in [3.63, 3.8) is 0 Å². The molecule has 1 N–H and O–H groups in total. The van der Waals surface area contributed by atoms with Gasteiger partial charge in [0, 0.05) is 0 Å². The van der Waals surface area contributed by atoms with Crippen LogP contribution < -0.4 is 4.18 Å². The maximum absolute atomic E-state index is 10.8. The average molecular weight is 177 g/mol. The molecule has 1 aromatic heterocycles. The van der Waals surface area contributed by atoms with Gasteiger partial charge in [-0.1, -0.05) is 0 Å². The lowest BCUT2D eigenvalue weighted by molar-refractivity contribution is 0.467. The van der Waals surface area contributed by atoms with Gasteiger partial charge in [0.15, 0.2) is 0 Å². The van der Waals surface area contributed by atoms with E-state index in [0.29, 0.717) is 0 Å². The second kappa shape index (κ2) is 2.87.